The molecule has 1 aliphatic rings. The van der Waals surface area contributed by atoms with E-state index in [4.69, 9.17) is 0 Å². The minimum absolute atomic E-state index is 0.0125. The van der Waals surface area contributed by atoms with E-state index in [1.807, 2.05) is 21.8 Å². The summed E-state index contributed by atoms with van der Waals surface area (Å²) in [5.74, 6) is 0.264. The van der Waals surface area contributed by atoms with Crippen molar-refractivity contribution in [3.8, 4) is 0 Å². The Hall–Kier alpha value is -1.36. The molecule has 1 atom stereocenters. The molecule has 106 valence electrons. The molecular formula is C14H24N4O. The monoisotopic (exact) mass is 264 g/mol. The van der Waals surface area contributed by atoms with Gasteiger partial charge in [-0.1, -0.05) is 13.8 Å². The highest BCUT2D eigenvalue weighted by Gasteiger charge is 2.28. The molecule has 1 aromatic heterocycles. The van der Waals surface area contributed by atoms with E-state index in [-0.39, 0.29) is 11.9 Å². The van der Waals surface area contributed by atoms with Crippen LogP contribution in [0.2, 0.25) is 0 Å². The molecule has 1 aromatic rings. The van der Waals surface area contributed by atoms with Gasteiger partial charge in [-0.2, -0.15) is 5.10 Å². The van der Waals surface area contributed by atoms with Gasteiger partial charge in [0.25, 0.3) is 0 Å². The zero-order valence-corrected chi connectivity index (χ0v) is 11.9. The van der Waals surface area contributed by atoms with Gasteiger partial charge in [0.1, 0.15) is 0 Å². The highest BCUT2D eigenvalue weighted by atomic mass is 16.2. The number of nitrogens with zero attached hydrogens (tertiary/aromatic N) is 3. The van der Waals surface area contributed by atoms with E-state index >= 15 is 0 Å². The molecule has 0 radical (unpaired) electrons. The van der Waals surface area contributed by atoms with Crippen molar-refractivity contribution < 1.29 is 4.79 Å². The zero-order valence-electron chi connectivity index (χ0n) is 11.9. The van der Waals surface area contributed by atoms with E-state index in [0.29, 0.717) is 6.04 Å². The quantitative estimate of drug-likeness (QED) is 0.841. The molecule has 1 unspecified atom stereocenters. The lowest BCUT2D eigenvalue weighted by atomic mass is 10.0. The van der Waals surface area contributed by atoms with Crippen molar-refractivity contribution in [2.45, 2.75) is 51.7 Å². The molecule has 0 spiro atoms. The van der Waals surface area contributed by atoms with Gasteiger partial charge < -0.3 is 10.2 Å². The van der Waals surface area contributed by atoms with Crippen LogP contribution in [0.5, 0.6) is 0 Å². The third-order valence-corrected chi connectivity index (χ3v) is 3.44. The maximum Gasteiger partial charge on any atom is 0.239 e. The Kier molecular flexibility index (Phi) is 4.96. The van der Waals surface area contributed by atoms with Crippen LogP contribution in [0.3, 0.4) is 0 Å². The highest BCUT2D eigenvalue weighted by molar-refractivity contribution is 5.82. The second-order valence-corrected chi connectivity index (χ2v) is 5.46. The van der Waals surface area contributed by atoms with Gasteiger partial charge in [0, 0.05) is 38.1 Å². The maximum absolute atomic E-state index is 12.3. The van der Waals surface area contributed by atoms with Gasteiger partial charge in [-0.15, -0.1) is 0 Å². The number of carbonyl (C=O) groups excluding carboxylic acids is 1. The molecule has 5 nitrogen and oxygen atoms in total. The molecule has 0 saturated carbocycles. The lowest BCUT2D eigenvalue weighted by Gasteiger charge is -2.33. The van der Waals surface area contributed by atoms with E-state index in [9.17, 15) is 4.79 Å². The first kappa shape index (κ1) is 14.1. The normalized spacial score (nSPS) is 20.3. The Bertz CT molecular complexity index is 388. The smallest absolute Gasteiger partial charge is 0.239 e. The topological polar surface area (TPSA) is 50.2 Å². The van der Waals surface area contributed by atoms with Crippen LogP contribution in [0.15, 0.2) is 18.5 Å². The van der Waals surface area contributed by atoms with Crippen LogP contribution in [0.1, 0.15) is 33.1 Å². The Labute approximate surface area is 115 Å². The predicted octanol–water partition coefficient (Wildman–Crippen LogP) is 1.26. The van der Waals surface area contributed by atoms with Crippen LogP contribution < -0.4 is 5.32 Å². The molecule has 19 heavy (non-hydrogen) atoms. The molecule has 2 heterocycles. The number of likely N-dealkylation sites (tertiary alicyclic amines) is 1. The third kappa shape index (κ3) is 4.06. The second kappa shape index (κ2) is 6.70. The van der Waals surface area contributed by atoms with Gasteiger partial charge in [-0.25, -0.2) is 0 Å². The zero-order chi connectivity index (χ0) is 13.7. The number of hydrogen-bond acceptors (Lipinski definition) is 3. The molecule has 2 rings (SSSR count). The summed E-state index contributed by atoms with van der Waals surface area (Å²) < 4.78 is 1.91. The molecule has 0 bridgehead atoms. The number of hydrogen-bond donors (Lipinski definition) is 1. The molecule has 1 N–H and O–H groups in total. The Morgan fingerprint density at radius 2 is 2.32 bits per heavy atom. The number of aromatic nitrogens is 2. The first-order chi connectivity index (χ1) is 9.16. The molecule has 5 heteroatoms. The summed E-state index contributed by atoms with van der Waals surface area (Å²) in [5, 5.41) is 7.53. The molecule has 0 aromatic carbocycles. The van der Waals surface area contributed by atoms with E-state index in [0.717, 1.165) is 38.9 Å². The number of nitrogens with one attached hydrogen (secondary N) is 1. The van der Waals surface area contributed by atoms with Gasteiger partial charge >= 0.3 is 0 Å². The molecule has 1 saturated heterocycles. The average Bonchev–Trinajstić information content (AvgIpc) is 2.86. The molecule has 1 fully saturated rings. The summed E-state index contributed by atoms with van der Waals surface area (Å²) in [6.07, 6.45) is 6.77. The molecule has 1 aliphatic heterocycles. The first-order valence-corrected chi connectivity index (χ1v) is 7.19. The van der Waals surface area contributed by atoms with Crippen molar-refractivity contribution in [2.24, 2.45) is 0 Å². The fourth-order valence-electron chi connectivity index (χ4n) is 2.58. The average molecular weight is 264 g/mol. The van der Waals surface area contributed by atoms with Gasteiger partial charge in [0.2, 0.25) is 5.91 Å². The van der Waals surface area contributed by atoms with Crippen LogP contribution >= 0.6 is 0 Å². The Balaban J connectivity index is 1.77. The Morgan fingerprint density at radius 3 is 3.00 bits per heavy atom. The lowest BCUT2D eigenvalue weighted by Crippen LogP contribution is -2.52. The standard InChI is InChI=1S/C14H24N4O/c1-12(2)16-13-6-3-8-17(14(13)19)9-5-11-18-10-4-7-15-18/h4,7,10,12-13,16H,3,5-6,8-9,11H2,1-2H3. The van der Waals surface area contributed by atoms with E-state index in [1.54, 1.807) is 6.20 Å². The van der Waals surface area contributed by atoms with Gasteiger partial charge in [-0.05, 0) is 25.3 Å². The summed E-state index contributed by atoms with van der Waals surface area (Å²) in [4.78, 5) is 14.3. The Morgan fingerprint density at radius 1 is 1.47 bits per heavy atom. The molecule has 0 aliphatic carbocycles. The van der Waals surface area contributed by atoms with Crippen molar-refractivity contribution in [2.75, 3.05) is 13.1 Å². The maximum atomic E-state index is 12.3. The van der Waals surface area contributed by atoms with Gasteiger partial charge in [0.15, 0.2) is 0 Å². The summed E-state index contributed by atoms with van der Waals surface area (Å²) in [5.41, 5.74) is 0. The fourth-order valence-corrected chi connectivity index (χ4v) is 2.58. The largest absolute Gasteiger partial charge is 0.341 e. The minimum Gasteiger partial charge on any atom is -0.341 e. The van der Waals surface area contributed by atoms with Crippen LogP contribution in [0.25, 0.3) is 0 Å². The lowest BCUT2D eigenvalue weighted by molar-refractivity contribution is -0.136. The fraction of sp³-hybridized carbons (Fsp3) is 0.714. The third-order valence-electron chi connectivity index (χ3n) is 3.44. The number of amides is 1. The summed E-state index contributed by atoms with van der Waals surface area (Å²) in [6.45, 7) is 6.77. The number of aryl methyl sites for hydroxylation is 1. The first-order valence-electron chi connectivity index (χ1n) is 7.19. The van der Waals surface area contributed by atoms with E-state index in [2.05, 4.69) is 24.3 Å². The van der Waals surface area contributed by atoms with Crippen molar-refractivity contribution in [3.05, 3.63) is 18.5 Å². The van der Waals surface area contributed by atoms with Crippen molar-refractivity contribution in [1.29, 1.82) is 0 Å². The van der Waals surface area contributed by atoms with Crippen LogP contribution in [-0.4, -0.2) is 45.8 Å². The number of carbonyl (C=O) groups is 1. The second-order valence-electron chi connectivity index (χ2n) is 5.46. The van der Waals surface area contributed by atoms with Crippen molar-refractivity contribution in [1.82, 2.24) is 20.0 Å². The van der Waals surface area contributed by atoms with Crippen molar-refractivity contribution >= 4 is 5.91 Å². The summed E-state index contributed by atoms with van der Waals surface area (Å²) in [6, 6.07) is 2.30. The van der Waals surface area contributed by atoms with Gasteiger partial charge in [0.05, 0.1) is 6.04 Å². The minimum atomic E-state index is 0.0125. The van der Waals surface area contributed by atoms with E-state index < -0.39 is 0 Å². The molecule has 1 amide bonds. The van der Waals surface area contributed by atoms with Crippen LogP contribution in [0, 0.1) is 0 Å². The predicted molar refractivity (Wildman–Crippen MR) is 74.7 cm³/mol. The summed E-state index contributed by atoms with van der Waals surface area (Å²) in [7, 11) is 0. The van der Waals surface area contributed by atoms with Gasteiger partial charge in [-0.3, -0.25) is 9.48 Å². The van der Waals surface area contributed by atoms with Crippen LogP contribution in [0.4, 0.5) is 0 Å². The van der Waals surface area contributed by atoms with Crippen LogP contribution in [-0.2, 0) is 11.3 Å². The van der Waals surface area contributed by atoms with Crippen molar-refractivity contribution in [3.63, 3.8) is 0 Å². The number of piperidine rings is 1. The summed E-state index contributed by atoms with van der Waals surface area (Å²) >= 11 is 0. The highest BCUT2D eigenvalue weighted by Crippen LogP contribution is 2.13. The SMILES string of the molecule is CC(C)NC1CCCN(CCCn2cccn2)C1=O. The number of rotatable bonds is 6. The molecular weight excluding hydrogens is 240 g/mol. The van der Waals surface area contributed by atoms with E-state index in [1.165, 1.54) is 0 Å².